The maximum Gasteiger partial charge on any atom is 0.0376 e. The van der Waals surface area contributed by atoms with Crippen molar-refractivity contribution in [2.24, 2.45) is 0 Å². The van der Waals surface area contributed by atoms with Crippen LogP contribution in [0.15, 0.2) is 18.2 Å². The number of hydrogen-bond donors (Lipinski definition) is 2. The zero-order valence-corrected chi connectivity index (χ0v) is 10.2. The lowest BCUT2D eigenvalue weighted by molar-refractivity contribution is 0.425. The van der Waals surface area contributed by atoms with Gasteiger partial charge in [0.05, 0.1) is 0 Å². The van der Waals surface area contributed by atoms with Crippen molar-refractivity contribution in [3.8, 4) is 0 Å². The van der Waals surface area contributed by atoms with E-state index in [2.05, 4.69) is 47.8 Å². The normalized spacial score (nSPS) is 14.9. The van der Waals surface area contributed by atoms with Crippen LogP contribution in [0.4, 0.5) is 5.69 Å². The molecule has 0 unspecified atom stereocenters. The summed E-state index contributed by atoms with van der Waals surface area (Å²) in [4.78, 5) is 2.20. The maximum absolute atomic E-state index is 3.53. The van der Waals surface area contributed by atoms with E-state index in [-0.39, 0.29) is 0 Å². The standard InChI is InChI=1S/C13H21N3/c1-16(2)9-8-15-13-5-3-4-11-10-14-7-6-12(11)13/h3-5,14-15H,6-10H2,1-2H3. The van der Waals surface area contributed by atoms with E-state index in [1.807, 2.05) is 0 Å². The lowest BCUT2D eigenvalue weighted by atomic mass is 9.99. The van der Waals surface area contributed by atoms with Crippen LogP contribution in [0.5, 0.6) is 0 Å². The third-order valence-corrected chi connectivity index (χ3v) is 3.01. The summed E-state index contributed by atoms with van der Waals surface area (Å²) in [5, 5.41) is 6.94. The summed E-state index contributed by atoms with van der Waals surface area (Å²) >= 11 is 0. The van der Waals surface area contributed by atoms with Crippen molar-refractivity contribution in [3.63, 3.8) is 0 Å². The zero-order valence-electron chi connectivity index (χ0n) is 10.2. The van der Waals surface area contributed by atoms with Crippen LogP contribution in [0.2, 0.25) is 0 Å². The predicted octanol–water partition coefficient (Wildman–Crippen LogP) is 1.31. The molecule has 1 aliphatic heterocycles. The third-order valence-electron chi connectivity index (χ3n) is 3.01. The second kappa shape index (κ2) is 5.32. The van der Waals surface area contributed by atoms with E-state index >= 15 is 0 Å². The van der Waals surface area contributed by atoms with Crippen LogP contribution in [-0.2, 0) is 13.0 Å². The molecule has 1 aromatic rings. The summed E-state index contributed by atoms with van der Waals surface area (Å²) in [7, 11) is 4.21. The smallest absolute Gasteiger partial charge is 0.0376 e. The maximum atomic E-state index is 3.53. The quantitative estimate of drug-likeness (QED) is 0.799. The van der Waals surface area contributed by atoms with Crippen molar-refractivity contribution >= 4 is 5.69 Å². The van der Waals surface area contributed by atoms with Gasteiger partial charge in [-0.2, -0.15) is 0 Å². The van der Waals surface area contributed by atoms with E-state index in [1.54, 1.807) is 0 Å². The van der Waals surface area contributed by atoms with E-state index in [0.29, 0.717) is 0 Å². The monoisotopic (exact) mass is 219 g/mol. The third kappa shape index (κ3) is 2.74. The van der Waals surface area contributed by atoms with Gasteiger partial charge in [0.15, 0.2) is 0 Å². The van der Waals surface area contributed by atoms with Crippen LogP contribution < -0.4 is 10.6 Å². The molecule has 0 aliphatic carbocycles. The van der Waals surface area contributed by atoms with Gasteiger partial charge in [-0.05, 0) is 44.3 Å². The van der Waals surface area contributed by atoms with Crippen molar-refractivity contribution in [1.82, 2.24) is 10.2 Å². The van der Waals surface area contributed by atoms with Crippen LogP contribution in [0, 0.1) is 0 Å². The first-order chi connectivity index (χ1) is 7.77. The number of likely N-dealkylation sites (N-methyl/N-ethyl adjacent to an activating group) is 1. The molecule has 0 spiro atoms. The van der Waals surface area contributed by atoms with E-state index in [1.165, 1.54) is 16.8 Å². The molecular formula is C13H21N3. The molecule has 2 N–H and O–H groups in total. The fraction of sp³-hybridized carbons (Fsp3) is 0.538. The highest BCUT2D eigenvalue weighted by molar-refractivity contribution is 5.55. The highest BCUT2D eigenvalue weighted by atomic mass is 15.1. The summed E-state index contributed by atoms with van der Waals surface area (Å²) in [6.45, 7) is 4.19. The van der Waals surface area contributed by atoms with Crippen molar-refractivity contribution in [3.05, 3.63) is 29.3 Å². The molecule has 1 aromatic carbocycles. The number of rotatable bonds is 4. The highest BCUT2D eigenvalue weighted by Gasteiger charge is 2.11. The largest absolute Gasteiger partial charge is 0.384 e. The van der Waals surface area contributed by atoms with Crippen LogP contribution in [0.1, 0.15) is 11.1 Å². The van der Waals surface area contributed by atoms with E-state index < -0.39 is 0 Å². The molecule has 0 aromatic heterocycles. The van der Waals surface area contributed by atoms with Gasteiger partial charge in [0.1, 0.15) is 0 Å². The number of hydrogen-bond acceptors (Lipinski definition) is 3. The lowest BCUT2D eigenvalue weighted by Crippen LogP contribution is -2.26. The molecule has 1 heterocycles. The number of anilines is 1. The van der Waals surface area contributed by atoms with Gasteiger partial charge in [-0.25, -0.2) is 0 Å². The minimum absolute atomic E-state index is 1.01. The summed E-state index contributed by atoms with van der Waals surface area (Å²) in [5.74, 6) is 0. The molecule has 88 valence electrons. The van der Waals surface area contributed by atoms with E-state index in [4.69, 9.17) is 0 Å². The summed E-state index contributed by atoms with van der Waals surface area (Å²) < 4.78 is 0. The average Bonchev–Trinajstić information content (AvgIpc) is 2.29. The SMILES string of the molecule is CN(C)CCNc1cccc2c1CCNC2. The Bertz CT molecular complexity index is 347. The summed E-state index contributed by atoms with van der Waals surface area (Å²) in [6.07, 6.45) is 1.14. The van der Waals surface area contributed by atoms with Gasteiger partial charge >= 0.3 is 0 Å². The van der Waals surface area contributed by atoms with E-state index in [0.717, 1.165) is 32.6 Å². The van der Waals surface area contributed by atoms with Gasteiger partial charge in [-0.15, -0.1) is 0 Å². The van der Waals surface area contributed by atoms with Crippen molar-refractivity contribution in [2.45, 2.75) is 13.0 Å². The number of nitrogens with one attached hydrogen (secondary N) is 2. The molecule has 3 heteroatoms. The minimum atomic E-state index is 1.01. The second-order valence-electron chi connectivity index (χ2n) is 4.60. The highest BCUT2D eigenvalue weighted by Crippen LogP contribution is 2.22. The Kier molecular flexibility index (Phi) is 3.80. The number of fused-ring (bicyclic) bond motifs is 1. The van der Waals surface area contributed by atoms with Gasteiger partial charge in [-0.1, -0.05) is 12.1 Å². The molecule has 0 bridgehead atoms. The summed E-state index contributed by atoms with van der Waals surface area (Å²) in [6, 6.07) is 6.56. The van der Waals surface area contributed by atoms with Gasteiger partial charge in [0.25, 0.3) is 0 Å². The van der Waals surface area contributed by atoms with Crippen LogP contribution in [0.25, 0.3) is 0 Å². The topological polar surface area (TPSA) is 27.3 Å². The molecular weight excluding hydrogens is 198 g/mol. The molecule has 0 radical (unpaired) electrons. The van der Waals surface area contributed by atoms with E-state index in [9.17, 15) is 0 Å². The molecule has 0 amide bonds. The molecule has 0 atom stereocenters. The van der Waals surface area contributed by atoms with Crippen molar-refractivity contribution in [1.29, 1.82) is 0 Å². The predicted molar refractivity (Wildman–Crippen MR) is 68.9 cm³/mol. The van der Waals surface area contributed by atoms with Gasteiger partial charge < -0.3 is 15.5 Å². The van der Waals surface area contributed by atoms with Crippen molar-refractivity contribution in [2.75, 3.05) is 39.0 Å². The average molecular weight is 219 g/mol. The first kappa shape index (κ1) is 11.4. The molecule has 16 heavy (non-hydrogen) atoms. The Morgan fingerprint density at radius 1 is 1.38 bits per heavy atom. The Balaban J connectivity index is 2.03. The van der Waals surface area contributed by atoms with Crippen LogP contribution >= 0.6 is 0 Å². The second-order valence-corrected chi connectivity index (χ2v) is 4.60. The molecule has 0 fully saturated rings. The van der Waals surface area contributed by atoms with Crippen LogP contribution in [-0.4, -0.2) is 38.6 Å². The zero-order chi connectivity index (χ0) is 11.4. The number of benzene rings is 1. The van der Waals surface area contributed by atoms with Gasteiger partial charge in [0, 0.05) is 25.3 Å². The lowest BCUT2D eigenvalue weighted by Gasteiger charge is -2.21. The fourth-order valence-electron chi connectivity index (χ4n) is 2.11. The first-order valence-electron chi connectivity index (χ1n) is 5.97. The molecule has 0 saturated heterocycles. The Morgan fingerprint density at radius 3 is 3.06 bits per heavy atom. The van der Waals surface area contributed by atoms with Gasteiger partial charge in [-0.3, -0.25) is 0 Å². The molecule has 2 rings (SSSR count). The first-order valence-corrected chi connectivity index (χ1v) is 5.97. The summed E-state index contributed by atoms with van der Waals surface area (Å²) in [5.41, 5.74) is 4.27. The molecule has 3 nitrogen and oxygen atoms in total. The fourth-order valence-corrected chi connectivity index (χ4v) is 2.11. The van der Waals surface area contributed by atoms with Gasteiger partial charge in [0.2, 0.25) is 0 Å². The molecule has 1 aliphatic rings. The van der Waals surface area contributed by atoms with Crippen LogP contribution in [0.3, 0.4) is 0 Å². The number of nitrogens with zero attached hydrogens (tertiary/aromatic N) is 1. The van der Waals surface area contributed by atoms with Crippen molar-refractivity contribution < 1.29 is 0 Å². The Labute approximate surface area is 97.8 Å². The molecule has 0 saturated carbocycles. The minimum Gasteiger partial charge on any atom is -0.384 e. The Morgan fingerprint density at radius 2 is 2.25 bits per heavy atom. The Hall–Kier alpha value is -1.06.